The molecule has 0 heterocycles. The monoisotopic (exact) mass is 476 g/mol. The summed E-state index contributed by atoms with van der Waals surface area (Å²) >= 11 is 0. The van der Waals surface area contributed by atoms with E-state index in [0.717, 1.165) is 36.8 Å². The van der Waals surface area contributed by atoms with Crippen molar-refractivity contribution in [3.63, 3.8) is 0 Å². The molecule has 2 aromatic carbocycles. The number of carbonyl (C=O) groups is 3. The third-order valence-corrected chi connectivity index (χ3v) is 7.99. The van der Waals surface area contributed by atoms with Gasteiger partial charge in [0.1, 0.15) is 6.61 Å². The Morgan fingerprint density at radius 2 is 1.54 bits per heavy atom. The highest BCUT2D eigenvalue weighted by atomic mass is 16.5. The smallest absolute Gasteiger partial charge is 0.407 e. The number of carboxylic acid groups (broad SMARTS) is 1. The molecule has 0 unspecified atom stereocenters. The van der Waals surface area contributed by atoms with Gasteiger partial charge < -0.3 is 20.5 Å². The summed E-state index contributed by atoms with van der Waals surface area (Å²) in [5.74, 6) is -0.697. The van der Waals surface area contributed by atoms with E-state index in [1.807, 2.05) is 24.3 Å². The number of ether oxygens (including phenoxy) is 1. The summed E-state index contributed by atoms with van der Waals surface area (Å²) in [6.45, 7) is 0.493. The van der Waals surface area contributed by atoms with Gasteiger partial charge in [-0.3, -0.25) is 9.59 Å². The van der Waals surface area contributed by atoms with Gasteiger partial charge in [-0.15, -0.1) is 0 Å². The van der Waals surface area contributed by atoms with Gasteiger partial charge in [-0.2, -0.15) is 0 Å². The first-order chi connectivity index (χ1) is 16.9. The molecule has 7 heteroatoms. The lowest BCUT2D eigenvalue weighted by Crippen LogP contribution is -2.53. The number of amides is 2. The molecule has 0 radical (unpaired) electrons. The van der Waals surface area contributed by atoms with Crippen molar-refractivity contribution >= 4 is 18.0 Å². The first kappa shape index (κ1) is 23.4. The van der Waals surface area contributed by atoms with E-state index >= 15 is 0 Å². The highest BCUT2D eigenvalue weighted by molar-refractivity contribution is 5.84. The lowest BCUT2D eigenvalue weighted by molar-refractivity contribution is -0.139. The number of alkyl carbamates (subject to hydrolysis) is 1. The van der Waals surface area contributed by atoms with Crippen LogP contribution in [-0.4, -0.2) is 42.3 Å². The van der Waals surface area contributed by atoms with E-state index in [-0.39, 0.29) is 43.4 Å². The minimum Gasteiger partial charge on any atom is -0.481 e. The zero-order valence-corrected chi connectivity index (χ0v) is 19.8. The zero-order chi connectivity index (χ0) is 24.4. The van der Waals surface area contributed by atoms with Crippen LogP contribution in [0.2, 0.25) is 0 Å². The lowest BCUT2D eigenvalue weighted by Gasteiger charge is -2.38. The molecule has 0 saturated heterocycles. The summed E-state index contributed by atoms with van der Waals surface area (Å²) in [7, 11) is 0. The summed E-state index contributed by atoms with van der Waals surface area (Å²) in [5, 5.41) is 14.9. The van der Waals surface area contributed by atoms with Crippen LogP contribution in [0.1, 0.15) is 62.0 Å². The molecule has 5 rings (SSSR count). The van der Waals surface area contributed by atoms with Crippen molar-refractivity contribution in [2.24, 2.45) is 11.3 Å². The van der Waals surface area contributed by atoms with Gasteiger partial charge in [0.05, 0.1) is 5.41 Å². The Hall–Kier alpha value is -3.35. The van der Waals surface area contributed by atoms with Gasteiger partial charge in [0.2, 0.25) is 5.91 Å². The second-order valence-corrected chi connectivity index (χ2v) is 10.3. The van der Waals surface area contributed by atoms with E-state index in [4.69, 9.17) is 9.84 Å². The average Bonchev–Trinajstić information content (AvgIpc) is 3.44. The Morgan fingerprint density at radius 1 is 0.943 bits per heavy atom. The second kappa shape index (κ2) is 9.72. The Balaban J connectivity index is 1.15. The first-order valence-corrected chi connectivity index (χ1v) is 12.6. The number of rotatable bonds is 8. The van der Waals surface area contributed by atoms with Crippen molar-refractivity contribution in [3.05, 3.63) is 59.7 Å². The van der Waals surface area contributed by atoms with Gasteiger partial charge >= 0.3 is 12.1 Å². The maximum Gasteiger partial charge on any atom is 0.407 e. The Labute approximate surface area is 205 Å². The summed E-state index contributed by atoms with van der Waals surface area (Å²) in [6, 6.07) is 16.4. The molecule has 2 amide bonds. The third-order valence-electron chi connectivity index (χ3n) is 7.99. The fourth-order valence-corrected chi connectivity index (χ4v) is 6.03. The van der Waals surface area contributed by atoms with Crippen LogP contribution in [0.4, 0.5) is 4.79 Å². The number of benzene rings is 2. The van der Waals surface area contributed by atoms with Gasteiger partial charge in [-0.05, 0) is 53.9 Å². The molecule has 184 valence electrons. The lowest BCUT2D eigenvalue weighted by atomic mass is 9.77. The van der Waals surface area contributed by atoms with E-state index in [9.17, 15) is 14.4 Å². The van der Waals surface area contributed by atoms with Crippen molar-refractivity contribution in [1.29, 1.82) is 0 Å². The minimum atomic E-state index is -0.792. The number of aliphatic carboxylic acids is 1. The van der Waals surface area contributed by atoms with Crippen LogP contribution in [-0.2, 0) is 14.3 Å². The summed E-state index contributed by atoms with van der Waals surface area (Å²) in [6.07, 6.45) is 4.42. The third kappa shape index (κ3) is 4.77. The quantitative estimate of drug-likeness (QED) is 0.522. The van der Waals surface area contributed by atoms with Crippen LogP contribution in [0, 0.1) is 11.3 Å². The van der Waals surface area contributed by atoms with E-state index in [2.05, 4.69) is 34.9 Å². The average molecular weight is 477 g/mol. The maximum absolute atomic E-state index is 13.1. The predicted molar refractivity (Wildman–Crippen MR) is 131 cm³/mol. The molecule has 7 nitrogen and oxygen atoms in total. The molecule has 2 saturated carbocycles. The summed E-state index contributed by atoms with van der Waals surface area (Å²) in [5.41, 5.74) is 4.06. The maximum atomic E-state index is 13.1. The van der Waals surface area contributed by atoms with Crippen molar-refractivity contribution < 1.29 is 24.2 Å². The Kier molecular flexibility index (Phi) is 6.50. The zero-order valence-electron chi connectivity index (χ0n) is 19.8. The molecule has 0 atom stereocenters. The molecule has 2 aromatic rings. The molecule has 0 bridgehead atoms. The van der Waals surface area contributed by atoms with Crippen LogP contribution in [0.25, 0.3) is 11.1 Å². The van der Waals surface area contributed by atoms with E-state index in [1.165, 1.54) is 11.1 Å². The normalized spacial score (nSPS) is 21.9. The van der Waals surface area contributed by atoms with Crippen molar-refractivity contribution in [3.8, 4) is 11.1 Å². The number of hydrogen-bond acceptors (Lipinski definition) is 4. The van der Waals surface area contributed by atoms with E-state index in [1.54, 1.807) is 0 Å². The first-order valence-electron chi connectivity index (χ1n) is 12.6. The number of fused-ring (bicyclic) bond motifs is 3. The Morgan fingerprint density at radius 3 is 2.14 bits per heavy atom. The molecule has 0 aromatic heterocycles. The number of carboxylic acids is 1. The molecule has 0 spiro atoms. The van der Waals surface area contributed by atoms with Crippen molar-refractivity contribution in [2.45, 2.75) is 56.9 Å². The SMILES string of the molecule is O=C(O)CC1CC(NC(=O)C2(CNC(=O)OCC3c4ccccc4-c4ccccc43)CCCC2)C1. The molecular formula is C28H32N2O5. The molecule has 3 N–H and O–H groups in total. The van der Waals surface area contributed by atoms with Crippen LogP contribution in [0.15, 0.2) is 48.5 Å². The second-order valence-electron chi connectivity index (χ2n) is 10.3. The van der Waals surface area contributed by atoms with Crippen LogP contribution < -0.4 is 10.6 Å². The summed E-state index contributed by atoms with van der Waals surface area (Å²) < 4.78 is 5.65. The molecule has 3 aliphatic rings. The largest absolute Gasteiger partial charge is 0.481 e. The topological polar surface area (TPSA) is 105 Å². The number of nitrogens with one attached hydrogen (secondary N) is 2. The van der Waals surface area contributed by atoms with E-state index < -0.39 is 17.5 Å². The highest BCUT2D eigenvalue weighted by Crippen LogP contribution is 2.44. The van der Waals surface area contributed by atoms with Gasteiger partial charge in [0.25, 0.3) is 0 Å². The molecule has 2 fully saturated rings. The molecule has 0 aliphatic heterocycles. The fourth-order valence-electron chi connectivity index (χ4n) is 6.03. The van der Waals surface area contributed by atoms with Gasteiger partial charge in [-0.25, -0.2) is 4.79 Å². The number of carbonyl (C=O) groups excluding carboxylic acids is 2. The Bertz CT molecular complexity index is 1070. The molecule has 3 aliphatic carbocycles. The van der Waals surface area contributed by atoms with Crippen LogP contribution in [0.5, 0.6) is 0 Å². The van der Waals surface area contributed by atoms with Crippen molar-refractivity contribution in [2.75, 3.05) is 13.2 Å². The van der Waals surface area contributed by atoms with Gasteiger partial charge in [-0.1, -0.05) is 61.4 Å². The van der Waals surface area contributed by atoms with Crippen molar-refractivity contribution in [1.82, 2.24) is 10.6 Å². The predicted octanol–water partition coefficient (Wildman–Crippen LogP) is 4.46. The minimum absolute atomic E-state index is 0.00532. The molecular weight excluding hydrogens is 444 g/mol. The number of hydrogen-bond donors (Lipinski definition) is 3. The van der Waals surface area contributed by atoms with Crippen LogP contribution >= 0.6 is 0 Å². The highest BCUT2D eigenvalue weighted by Gasteiger charge is 2.43. The molecule has 35 heavy (non-hydrogen) atoms. The standard InChI is InChI=1S/C28H32N2O5/c31-25(32)15-18-13-19(14-18)30-26(33)28(11-5-6-12-28)17-29-27(34)35-16-24-22-9-3-1-7-20(22)21-8-2-4-10-23(21)24/h1-4,7-10,18-19,24H,5-6,11-17H2,(H,29,34)(H,30,33)(H,31,32). The van der Waals surface area contributed by atoms with Crippen LogP contribution in [0.3, 0.4) is 0 Å². The van der Waals surface area contributed by atoms with Gasteiger partial charge in [0.15, 0.2) is 0 Å². The summed E-state index contributed by atoms with van der Waals surface area (Å²) in [4.78, 5) is 36.7. The van der Waals surface area contributed by atoms with Gasteiger partial charge in [0, 0.05) is 24.9 Å². The fraction of sp³-hybridized carbons (Fsp3) is 0.464. The van der Waals surface area contributed by atoms with E-state index in [0.29, 0.717) is 12.8 Å².